The molecule has 0 aliphatic rings. The Morgan fingerprint density at radius 2 is 0.573 bits per heavy atom. The van der Waals surface area contributed by atoms with E-state index in [1.165, 1.54) is 131 Å². The molecule has 3 heteroatoms. The van der Waals surface area contributed by atoms with E-state index in [9.17, 15) is 0 Å². The van der Waals surface area contributed by atoms with Crippen LogP contribution in [0.4, 0.5) is 0 Å². The Bertz CT molecular complexity index is 4670. The second kappa shape index (κ2) is 17.6. The Balaban J connectivity index is 0.818. The Hall–Kier alpha value is -9.54. The second-order valence-corrected chi connectivity index (χ2v) is 20.7. The summed E-state index contributed by atoms with van der Waals surface area (Å²) in [5.74, 6) is 0. The van der Waals surface area contributed by atoms with Crippen LogP contribution in [0.25, 0.3) is 142 Å². The number of thiophene rings is 1. The molecule has 15 rings (SSSR count). The van der Waals surface area contributed by atoms with Crippen LogP contribution in [0.3, 0.4) is 0 Å². The van der Waals surface area contributed by atoms with Gasteiger partial charge in [-0.25, -0.2) is 0 Å². The van der Waals surface area contributed by atoms with Crippen LogP contribution in [-0.2, 0) is 0 Å². The summed E-state index contributed by atoms with van der Waals surface area (Å²) in [6.07, 6.45) is 0. The van der Waals surface area contributed by atoms with Gasteiger partial charge in [0, 0.05) is 58.7 Å². The third-order valence-electron chi connectivity index (χ3n) is 15.3. The van der Waals surface area contributed by atoms with Gasteiger partial charge >= 0.3 is 0 Å². The fourth-order valence-electron chi connectivity index (χ4n) is 11.7. The summed E-state index contributed by atoms with van der Waals surface area (Å²) >= 11 is 1.89. The van der Waals surface area contributed by atoms with Crippen molar-refractivity contribution in [2.24, 2.45) is 0 Å². The summed E-state index contributed by atoms with van der Waals surface area (Å²) in [5, 5.41) is 7.55. The second-order valence-electron chi connectivity index (χ2n) is 19.7. The monoisotopic (exact) mass is 970 g/mol. The SMILES string of the molecule is c1ccc(-c2cccc(-c3cccc(-c4cccc(-c5cccc(-c6cccc(-c7cc(-n8c9ccccc9c9cc(-n%10c%11ccccc%11c%11ccccc%11%10)ccc98)cc8c7sc7ccccc78)c6)c5)c4)c3)c2)cc1. The molecule has 12 aromatic carbocycles. The smallest absolute Gasteiger partial charge is 0.0542 e. The molecule has 3 heterocycles. The van der Waals surface area contributed by atoms with Crippen LogP contribution in [0, 0.1) is 0 Å². The van der Waals surface area contributed by atoms with Gasteiger partial charge in [-0.05, 0) is 146 Å². The van der Waals surface area contributed by atoms with Crippen LogP contribution in [-0.4, -0.2) is 9.13 Å². The Kier molecular flexibility index (Phi) is 10.1. The van der Waals surface area contributed by atoms with E-state index in [0.717, 1.165) is 11.4 Å². The lowest BCUT2D eigenvalue weighted by molar-refractivity contribution is 1.17. The number of nitrogens with zero attached hydrogens (tertiary/aromatic N) is 2. The van der Waals surface area contributed by atoms with Crippen molar-refractivity contribution in [3.63, 3.8) is 0 Å². The molecule has 0 bridgehead atoms. The molecule has 0 amide bonds. The molecule has 0 saturated heterocycles. The van der Waals surface area contributed by atoms with Crippen LogP contribution in [0.5, 0.6) is 0 Å². The zero-order chi connectivity index (χ0) is 49.4. The molecular formula is C72H46N2S. The van der Waals surface area contributed by atoms with Gasteiger partial charge in [-0.3, -0.25) is 0 Å². The molecule has 0 fully saturated rings. The summed E-state index contributed by atoms with van der Waals surface area (Å²) in [6.45, 7) is 0. The summed E-state index contributed by atoms with van der Waals surface area (Å²) in [5.41, 5.74) is 21.5. The first-order chi connectivity index (χ1) is 37.2. The average Bonchev–Trinajstić information content (AvgIpc) is 4.16. The van der Waals surface area contributed by atoms with Crippen molar-refractivity contribution in [2.75, 3.05) is 0 Å². The standard InChI is InChI=1S/C72H46N2S/c1-2-17-47(18-3-1)48-19-12-20-49(39-48)50-21-13-22-51(40-50)52-23-14-24-53(41-52)54-25-15-26-55(42-54)56-27-16-28-57(43-56)64-45-59(46-66-63-32-7-11-36-71(63)75-72(64)66)74-69-35-10-6-31-62(69)65-44-58(37-38-70(65)74)73-67-33-8-4-29-60(67)61-30-5-9-34-68(61)73/h1-46H. The number of rotatable bonds is 8. The minimum absolute atomic E-state index is 1.15. The molecule has 0 atom stereocenters. The summed E-state index contributed by atoms with van der Waals surface area (Å²) < 4.78 is 7.49. The number of hydrogen-bond donors (Lipinski definition) is 0. The van der Waals surface area contributed by atoms with Gasteiger partial charge in [-0.1, -0.05) is 194 Å². The fraction of sp³-hybridized carbons (Fsp3) is 0. The summed E-state index contributed by atoms with van der Waals surface area (Å²) in [7, 11) is 0. The number of benzene rings is 12. The molecule has 2 nitrogen and oxygen atoms in total. The summed E-state index contributed by atoms with van der Waals surface area (Å²) in [6, 6.07) is 103. The topological polar surface area (TPSA) is 9.86 Å². The third kappa shape index (κ3) is 7.31. The van der Waals surface area contributed by atoms with Gasteiger partial charge in [0.2, 0.25) is 0 Å². The maximum absolute atomic E-state index is 2.48. The van der Waals surface area contributed by atoms with Gasteiger partial charge in [0.15, 0.2) is 0 Å². The Morgan fingerprint density at radius 3 is 1.09 bits per heavy atom. The van der Waals surface area contributed by atoms with Gasteiger partial charge in [0.25, 0.3) is 0 Å². The molecule has 0 unspecified atom stereocenters. The van der Waals surface area contributed by atoms with E-state index in [-0.39, 0.29) is 0 Å². The van der Waals surface area contributed by atoms with E-state index >= 15 is 0 Å². The van der Waals surface area contributed by atoms with Crippen LogP contribution in [0.1, 0.15) is 0 Å². The van der Waals surface area contributed by atoms with Crippen molar-refractivity contribution in [1.29, 1.82) is 0 Å². The molecule has 0 radical (unpaired) electrons. The van der Waals surface area contributed by atoms with Gasteiger partial charge in [-0.2, -0.15) is 0 Å². The average molecular weight is 971 g/mol. The maximum atomic E-state index is 2.48. The van der Waals surface area contributed by atoms with Crippen molar-refractivity contribution in [1.82, 2.24) is 9.13 Å². The lowest BCUT2D eigenvalue weighted by atomic mass is 9.93. The first kappa shape index (κ1) is 43.1. The fourth-order valence-corrected chi connectivity index (χ4v) is 13.0. The molecule has 0 N–H and O–H groups in total. The van der Waals surface area contributed by atoms with E-state index in [2.05, 4.69) is 288 Å². The number of aromatic nitrogens is 2. The molecule has 75 heavy (non-hydrogen) atoms. The van der Waals surface area contributed by atoms with Crippen molar-refractivity contribution >= 4 is 75.1 Å². The number of hydrogen-bond acceptors (Lipinski definition) is 1. The predicted octanol–water partition coefficient (Wildman–Crippen LogP) is 20.3. The first-order valence-corrected chi connectivity index (χ1v) is 26.5. The van der Waals surface area contributed by atoms with Gasteiger partial charge in [0.05, 0.1) is 22.1 Å². The zero-order valence-corrected chi connectivity index (χ0v) is 41.7. The molecule has 350 valence electrons. The van der Waals surface area contributed by atoms with Crippen molar-refractivity contribution in [3.8, 4) is 78.1 Å². The highest BCUT2D eigenvalue weighted by Gasteiger charge is 2.20. The molecule has 3 aromatic heterocycles. The molecular weight excluding hydrogens is 925 g/mol. The Morgan fingerprint density at radius 1 is 0.213 bits per heavy atom. The van der Waals surface area contributed by atoms with Gasteiger partial charge in [0.1, 0.15) is 0 Å². The quantitative estimate of drug-likeness (QED) is 0.144. The minimum Gasteiger partial charge on any atom is -0.309 e. The third-order valence-corrected chi connectivity index (χ3v) is 16.5. The predicted molar refractivity (Wildman–Crippen MR) is 321 cm³/mol. The first-order valence-electron chi connectivity index (χ1n) is 25.7. The van der Waals surface area contributed by atoms with E-state index < -0.39 is 0 Å². The zero-order valence-electron chi connectivity index (χ0n) is 40.9. The van der Waals surface area contributed by atoms with E-state index in [1.54, 1.807) is 0 Å². The normalized spacial score (nSPS) is 11.7. The molecule has 15 aromatic rings. The van der Waals surface area contributed by atoms with Crippen LogP contribution < -0.4 is 0 Å². The maximum Gasteiger partial charge on any atom is 0.0542 e. The van der Waals surface area contributed by atoms with Crippen molar-refractivity contribution in [3.05, 3.63) is 279 Å². The van der Waals surface area contributed by atoms with Crippen LogP contribution >= 0.6 is 11.3 Å². The number of fused-ring (bicyclic) bond motifs is 9. The van der Waals surface area contributed by atoms with E-state index in [4.69, 9.17) is 0 Å². The lowest BCUT2D eigenvalue weighted by Crippen LogP contribution is -1.96. The van der Waals surface area contributed by atoms with Crippen molar-refractivity contribution in [2.45, 2.75) is 0 Å². The van der Waals surface area contributed by atoms with Crippen LogP contribution in [0.15, 0.2) is 279 Å². The Labute approximate surface area is 438 Å². The lowest BCUT2D eigenvalue weighted by Gasteiger charge is -2.14. The highest BCUT2D eigenvalue weighted by atomic mass is 32.1. The van der Waals surface area contributed by atoms with E-state index in [0.29, 0.717) is 0 Å². The molecule has 0 aliphatic carbocycles. The number of para-hydroxylation sites is 3. The highest BCUT2D eigenvalue weighted by molar-refractivity contribution is 7.26. The molecule has 0 saturated carbocycles. The molecule has 0 aliphatic heterocycles. The van der Waals surface area contributed by atoms with Gasteiger partial charge < -0.3 is 9.13 Å². The molecule has 0 spiro atoms. The van der Waals surface area contributed by atoms with Gasteiger partial charge in [-0.15, -0.1) is 11.3 Å². The highest BCUT2D eigenvalue weighted by Crippen LogP contribution is 2.45. The largest absolute Gasteiger partial charge is 0.309 e. The van der Waals surface area contributed by atoms with Crippen molar-refractivity contribution < 1.29 is 0 Å². The van der Waals surface area contributed by atoms with Crippen LogP contribution in [0.2, 0.25) is 0 Å². The minimum atomic E-state index is 1.15. The summed E-state index contributed by atoms with van der Waals surface area (Å²) in [4.78, 5) is 0. The van der Waals surface area contributed by atoms with E-state index in [1.807, 2.05) is 11.3 Å².